The highest BCUT2D eigenvalue weighted by Crippen LogP contribution is 2.27. The van der Waals surface area contributed by atoms with Crippen LogP contribution in [0.4, 0.5) is 10.9 Å². The van der Waals surface area contributed by atoms with Gasteiger partial charge in [0.1, 0.15) is 17.2 Å². The van der Waals surface area contributed by atoms with Crippen LogP contribution in [0.3, 0.4) is 0 Å². The van der Waals surface area contributed by atoms with Gasteiger partial charge in [0.05, 0.1) is 5.56 Å². The van der Waals surface area contributed by atoms with Crippen LogP contribution in [0.1, 0.15) is 34.9 Å². The molecular weight excluding hydrogens is 338 g/mol. The molecule has 1 aliphatic heterocycles. The van der Waals surface area contributed by atoms with Crippen LogP contribution in [0.15, 0.2) is 36.2 Å². The first-order valence-corrected chi connectivity index (χ1v) is 8.95. The zero-order valence-electron chi connectivity index (χ0n) is 13.4. The summed E-state index contributed by atoms with van der Waals surface area (Å²) in [6, 6.07) is 3.68. The quantitative estimate of drug-likeness (QED) is 0.745. The van der Waals surface area contributed by atoms with Crippen LogP contribution in [-0.4, -0.2) is 44.1 Å². The summed E-state index contributed by atoms with van der Waals surface area (Å²) < 4.78 is 0. The lowest BCUT2D eigenvalue weighted by Gasteiger charge is -2.32. The summed E-state index contributed by atoms with van der Waals surface area (Å²) in [6.07, 6.45) is 7.46. The molecule has 128 valence electrons. The van der Waals surface area contributed by atoms with Crippen molar-refractivity contribution in [3.8, 4) is 0 Å². The van der Waals surface area contributed by atoms with Crippen molar-refractivity contribution in [3.63, 3.8) is 0 Å². The number of rotatable bonds is 4. The van der Waals surface area contributed by atoms with Crippen molar-refractivity contribution < 1.29 is 4.79 Å². The molecule has 0 radical (unpaired) electrons. The number of aromatic nitrogens is 5. The van der Waals surface area contributed by atoms with Gasteiger partial charge in [0.25, 0.3) is 5.91 Å². The Balaban J connectivity index is 1.43. The van der Waals surface area contributed by atoms with Crippen LogP contribution >= 0.6 is 11.3 Å². The van der Waals surface area contributed by atoms with E-state index in [1.807, 2.05) is 12.3 Å². The van der Waals surface area contributed by atoms with Crippen molar-refractivity contribution in [2.75, 3.05) is 23.3 Å². The minimum atomic E-state index is -0.233. The Morgan fingerprint density at radius 3 is 3.04 bits per heavy atom. The number of nitrogens with zero attached hydrogens (tertiary/aromatic N) is 5. The van der Waals surface area contributed by atoms with E-state index >= 15 is 0 Å². The van der Waals surface area contributed by atoms with Gasteiger partial charge in [-0.2, -0.15) is 0 Å². The second-order valence-electron chi connectivity index (χ2n) is 5.86. The van der Waals surface area contributed by atoms with Gasteiger partial charge in [-0.15, -0.1) is 10.2 Å². The maximum absolute atomic E-state index is 12.2. The average molecular weight is 355 g/mol. The second-order valence-corrected chi connectivity index (χ2v) is 6.70. The molecule has 3 aromatic rings. The molecule has 1 fully saturated rings. The molecule has 4 heterocycles. The number of nitrogens with one attached hydrogen (secondary N) is 2. The molecule has 0 aliphatic carbocycles. The third-order valence-corrected chi connectivity index (χ3v) is 4.85. The average Bonchev–Trinajstić information content (AvgIpc) is 3.36. The SMILES string of the molecule is O=C(Nc1nncs1)c1ccc(N2CCCC(c3ncc[nH]3)C2)nc1. The molecule has 4 rings (SSSR count). The monoisotopic (exact) mass is 355 g/mol. The van der Waals surface area contributed by atoms with Gasteiger partial charge in [-0.05, 0) is 25.0 Å². The molecule has 1 amide bonds. The molecule has 9 heteroatoms. The molecule has 8 nitrogen and oxygen atoms in total. The van der Waals surface area contributed by atoms with E-state index in [9.17, 15) is 4.79 Å². The van der Waals surface area contributed by atoms with Gasteiger partial charge in [-0.1, -0.05) is 11.3 Å². The molecule has 25 heavy (non-hydrogen) atoms. The number of aromatic amines is 1. The van der Waals surface area contributed by atoms with E-state index in [2.05, 4.69) is 35.4 Å². The fourth-order valence-corrected chi connectivity index (χ4v) is 3.45. The Bertz CT molecular complexity index is 817. The van der Waals surface area contributed by atoms with E-state index in [0.29, 0.717) is 16.6 Å². The highest BCUT2D eigenvalue weighted by molar-refractivity contribution is 7.13. The maximum Gasteiger partial charge on any atom is 0.259 e. The zero-order valence-corrected chi connectivity index (χ0v) is 14.2. The second kappa shape index (κ2) is 6.98. The number of pyridine rings is 1. The zero-order chi connectivity index (χ0) is 17.1. The van der Waals surface area contributed by atoms with E-state index < -0.39 is 0 Å². The lowest BCUT2D eigenvalue weighted by molar-refractivity contribution is 0.102. The summed E-state index contributed by atoms with van der Waals surface area (Å²) in [7, 11) is 0. The molecule has 1 unspecified atom stereocenters. The summed E-state index contributed by atoms with van der Waals surface area (Å²) in [4.78, 5) is 26.5. The van der Waals surface area contributed by atoms with Crippen LogP contribution in [0, 0.1) is 0 Å². The van der Waals surface area contributed by atoms with Crippen LogP contribution in [0.25, 0.3) is 0 Å². The molecule has 0 bridgehead atoms. The van der Waals surface area contributed by atoms with Gasteiger partial charge in [0.2, 0.25) is 5.13 Å². The van der Waals surface area contributed by atoms with Gasteiger partial charge in [0, 0.05) is 37.6 Å². The van der Waals surface area contributed by atoms with Crippen LogP contribution in [-0.2, 0) is 0 Å². The smallest absolute Gasteiger partial charge is 0.259 e. The van der Waals surface area contributed by atoms with E-state index in [1.165, 1.54) is 11.3 Å². The first-order valence-electron chi connectivity index (χ1n) is 8.07. The molecule has 1 saturated heterocycles. The Morgan fingerprint density at radius 2 is 2.32 bits per heavy atom. The molecule has 0 saturated carbocycles. The number of carbonyl (C=O) groups is 1. The van der Waals surface area contributed by atoms with Crippen molar-refractivity contribution in [3.05, 3.63) is 47.6 Å². The Hall–Kier alpha value is -2.81. The number of piperidine rings is 1. The molecule has 3 aromatic heterocycles. The van der Waals surface area contributed by atoms with Crippen molar-refractivity contribution in [1.82, 2.24) is 25.1 Å². The Morgan fingerprint density at radius 1 is 1.36 bits per heavy atom. The van der Waals surface area contributed by atoms with Crippen molar-refractivity contribution in [2.45, 2.75) is 18.8 Å². The third-order valence-electron chi connectivity index (χ3n) is 4.24. The lowest BCUT2D eigenvalue weighted by atomic mass is 9.97. The van der Waals surface area contributed by atoms with E-state index in [0.717, 1.165) is 37.6 Å². The summed E-state index contributed by atoms with van der Waals surface area (Å²) in [5.74, 6) is 2.05. The predicted octanol–water partition coefficient (Wildman–Crippen LogP) is 2.29. The Kier molecular flexibility index (Phi) is 4.38. The van der Waals surface area contributed by atoms with Crippen molar-refractivity contribution in [2.24, 2.45) is 0 Å². The van der Waals surface area contributed by atoms with Crippen molar-refractivity contribution >= 4 is 28.2 Å². The highest BCUT2D eigenvalue weighted by Gasteiger charge is 2.24. The normalized spacial score (nSPS) is 17.4. The van der Waals surface area contributed by atoms with Gasteiger partial charge >= 0.3 is 0 Å². The fraction of sp³-hybridized carbons (Fsp3) is 0.312. The summed E-state index contributed by atoms with van der Waals surface area (Å²) >= 11 is 1.28. The number of H-pyrrole nitrogens is 1. The van der Waals surface area contributed by atoms with E-state index in [4.69, 9.17) is 0 Å². The van der Waals surface area contributed by atoms with Crippen LogP contribution < -0.4 is 10.2 Å². The van der Waals surface area contributed by atoms with Gasteiger partial charge in [-0.3, -0.25) is 10.1 Å². The standard InChI is InChI=1S/C16H17N7OS/c24-15(21-16-22-20-10-25-16)11-3-4-13(19-8-11)23-7-1-2-12(9-23)14-17-5-6-18-14/h3-6,8,10,12H,1-2,7,9H2,(H,17,18)(H,21,22,24). The number of anilines is 2. The van der Waals surface area contributed by atoms with E-state index in [-0.39, 0.29) is 5.91 Å². The van der Waals surface area contributed by atoms with Gasteiger partial charge in [-0.25, -0.2) is 9.97 Å². The lowest BCUT2D eigenvalue weighted by Crippen LogP contribution is -2.35. The van der Waals surface area contributed by atoms with Crippen LogP contribution in [0.2, 0.25) is 0 Å². The molecule has 0 spiro atoms. The van der Waals surface area contributed by atoms with Crippen LogP contribution in [0.5, 0.6) is 0 Å². The summed E-state index contributed by atoms with van der Waals surface area (Å²) in [5, 5.41) is 10.7. The molecule has 0 aromatic carbocycles. The number of amides is 1. The third kappa shape index (κ3) is 3.50. The summed E-state index contributed by atoms with van der Waals surface area (Å²) in [6.45, 7) is 1.83. The summed E-state index contributed by atoms with van der Waals surface area (Å²) in [5.41, 5.74) is 2.07. The van der Waals surface area contributed by atoms with E-state index in [1.54, 1.807) is 24.0 Å². The number of hydrogen-bond acceptors (Lipinski definition) is 7. The molecule has 1 aliphatic rings. The number of imidazole rings is 1. The minimum absolute atomic E-state index is 0.233. The minimum Gasteiger partial charge on any atom is -0.356 e. The highest BCUT2D eigenvalue weighted by atomic mass is 32.1. The van der Waals surface area contributed by atoms with Gasteiger partial charge < -0.3 is 9.88 Å². The fourth-order valence-electron chi connectivity index (χ4n) is 3.01. The first kappa shape index (κ1) is 15.7. The Labute approximate surface area is 148 Å². The predicted molar refractivity (Wildman–Crippen MR) is 94.9 cm³/mol. The van der Waals surface area contributed by atoms with Gasteiger partial charge in [0.15, 0.2) is 0 Å². The number of hydrogen-bond donors (Lipinski definition) is 2. The molecule has 2 N–H and O–H groups in total. The molecular formula is C16H17N7OS. The largest absolute Gasteiger partial charge is 0.356 e. The topological polar surface area (TPSA) is 99.7 Å². The number of carbonyl (C=O) groups excluding carboxylic acids is 1. The maximum atomic E-state index is 12.2. The molecule has 1 atom stereocenters. The first-order chi connectivity index (χ1) is 12.3. The van der Waals surface area contributed by atoms with Crippen molar-refractivity contribution in [1.29, 1.82) is 0 Å².